The maximum absolute atomic E-state index is 13.3. The fraction of sp³-hybridized carbons (Fsp3) is 0.545. The summed E-state index contributed by atoms with van der Waals surface area (Å²) in [6.07, 6.45) is 0. The Morgan fingerprint density at radius 3 is 2.30 bits per heavy atom. The lowest BCUT2D eigenvalue weighted by Crippen LogP contribution is -2.63. The van der Waals surface area contributed by atoms with E-state index in [0.717, 1.165) is 4.31 Å². The molecule has 33 heavy (non-hydrogen) atoms. The topological polar surface area (TPSA) is 119 Å². The van der Waals surface area contributed by atoms with E-state index in [-0.39, 0.29) is 49.3 Å². The maximum atomic E-state index is 13.3. The first-order chi connectivity index (χ1) is 15.5. The van der Waals surface area contributed by atoms with E-state index in [1.165, 1.54) is 34.6 Å². The van der Waals surface area contributed by atoms with Crippen LogP contribution in [0.25, 0.3) is 0 Å². The Balaban J connectivity index is 2.27. The number of piperazine rings is 1. The van der Waals surface area contributed by atoms with Gasteiger partial charge in [-0.05, 0) is 58.9 Å². The molecule has 1 aliphatic rings. The van der Waals surface area contributed by atoms with Crippen molar-refractivity contribution in [2.45, 2.75) is 57.6 Å². The molecule has 0 aromatic heterocycles. The van der Waals surface area contributed by atoms with Crippen LogP contribution >= 0.6 is 0 Å². The molecule has 2 rings (SSSR count). The van der Waals surface area contributed by atoms with Crippen molar-refractivity contribution in [1.29, 1.82) is 0 Å². The molecular weight excluding hydrogens is 448 g/mol. The predicted octanol–water partition coefficient (Wildman–Crippen LogP) is 1.51. The Hall–Kier alpha value is -2.81. The minimum atomic E-state index is -4.08. The fourth-order valence-electron chi connectivity index (χ4n) is 3.75. The number of nitrogens with one attached hydrogen (secondary N) is 1. The number of hydroxylamine groups is 1. The molecule has 1 aromatic carbocycles. The minimum Gasteiger partial charge on any atom is -0.481 e. The van der Waals surface area contributed by atoms with Crippen molar-refractivity contribution in [1.82, 2.24) is 19.6 Å². The predicted molar refractivity (Wildman–Crippen MR) is 122 cm³/mol. The Morgan fingerprint density at radius 2 is 1.79 bits per heavy atom. The van der Waals surface area contributed by atoms with Crippen molar-refractivity contribution in [2.75, 3.05) is 26.2 Å². The van der Waals surface area contributed by atoms with Crippen molar-refractivity contribution in [3.63, 3.8) is 0 Å². The standard InChI is InChI=1S/C22H32N4O6S/c1-6-7-14-32-18-8-10-19(11-9-18)33(30,31)25-13-12-24(15-20(25)21(27)23-29)22(28)26(16(2)3)17(4)5/h8-11,16-17,20,29H,12-15H2,1-5H3,(H,23,27). The lowest BCUT2D eigenvalue weighted by molar-refractivity contribution is -0.134. The molecule has 0 spiro atoms. The highest BCUT2D eigenvalue weighted by molar-refractivity contribution is 7.89. The van der Waals surface area contributed by atoms with Crippen LogP contribution in [0.3, 0.4) is 0 Å². The van der Waals surface area contributed by atoms with Gasteiger partial charge in [0.2, 0.25) is 10.0 Å². The molecule has 1 aliphatic heterocycles. The third-order valence-corrected chi connectivity index (χ3v) is 7.19. The van der Waals surface area contributed by atoms with E-state index in [0.29, 0.717) is 5.75 Å². The van der Waals surface area contributed by atoms with Gasteiger partial charge in [-0.1, -0.05) is 5.92 Å². The van der Waals surface area contributed by atoms with Crippen molar-refractivity contribution in [3.8, 4) is 17.6 Å². The Kier molecular flexibility index (Phi) is 9.10. The van der Waals surface area contributed by atoms with E-state index in [9.17, 15) is 23.2 Å². The average molecular weight is 481 g/mol. The maximum Gasteiger partial charge on any atom is 0.320 e. The molecule has 0 aliphatic carbocycles. The second-order valence-electron chi connectivity index (χ2n) is 8.12. The highest BCUT2D eigenvalue weighted by atomic mass is 32.2. The molecule has 0 saturated carbocycles. The summed E-state index contributed by atoms with van der Waals surface area (Å²) < 4.78 is 33.0. The zero-order valence-electron chi connectivity index (χ0n) is 19.6. The number of rotatable bonds is 7. The summed E-state index contributed by atoms with van der Waals surface area (Å²) in [5, 5.41) is 9.23. The van der Waals surface area contributed by atoms with Crippen LogP contribution in [0, 0.1) is 11.8 Å². The van der Waals surface area contributed by atoms with Gasteiger partial charge >= 0.3 is 6.03 Å². The van der Waals surface area contributed by atoms with Gasteiger partial charge in [-0.2, -0.15) is 4.31 Å². The molecule has 0 radical (unpaired) electrons. The minimum absolute atomic E-state index is 0.0297. The van der Waals surface area contributed by atoms with Gasteiger partial charge in [-0.15, -0.1) is 5.92 Å². The van der Waals surface area contributed by atoms with Gasteiger partial charge < -0.3 is 14.5 Å². The zero-order valence-corrected chi connectivity index (χ0v) is 20.4. The van der Waals surface area contributed by atoms with Gasteiger partial charge in [-0.25, -0.2) is 18.7 Å². The number of carbonyl (C=O) groups is 2. The quantitative estimate of drug-likeness (QED) is 0.347. The number of hydrogen-bond donors (Lipinski definition) is 2. The van der Waals surface area contributed by atoms with E-state index >= 15 is 0 Å². The average Bonchev–Trinajstić information content (AvgIpc) is 2.78. The third kappa shape index (κ3) is 6.16. The van der Waals surface area contributed by atoms with Gasteiger partial charge in [0.15, 0.2) is 0 Å². The van der Waals surface area contributed by atoms with E-state index in [1.54, 1.807) is 11.8 Å². The summed E-state index contributed by atoms with van der Waals surface area (Å²) in [5.41, 5.74) is 1.53. The van der Waals surface area contributed by atoms with Crippen LogP contribution in [0.5, 0.6) is 5.75 Å². The molecule has 182 valence electrons. The van der Waals surface area contributed by atoms with Crippen LogP contribution in [-0.4, -0.2) is 84.0 Å². The molecule has 1 saturated heterocycles. The largest absolute Gasteiger partial charge is 0.481 e. The van der Waals surface area contributed by atoms with E-state index < -0.39 is 22.0 Å². The van der Waals surface area contributed by atoms with Crippen LogP contribution in [0.2, 0.25) is 0 Å². The summed E-state index contributed by atoms with van der Waals surface area (Å²) in [5.74, 6) is 5.00. The molecule has 11 heteroatoms. The van der Waals surface area contributed by atoms with Gasteiger partial charge in [0.05, 0.1) is 4.90 Å². The van der Waals surface area contributed by atoms with E-state index in [1.807, 2.05) is 27.7 Å². The monoisotopic (exact) mass is 480 g/mol. The smallest absolute Gasteiger partial charge is 0.320 e. The normalized spacial score (nSPS) is 16.8. The van der Waals surface area contributed by atoms with Gasteiger partial charge in [0, 0.05) is 31.7 Å². The van der Waals surface area contributed by atoms with Gasteiger partial charge in [0.25, 0.3) is 5.91 Å². The zero-order chi connectivity index (χ0) is 24.8. The van der Waals surface area contributed by atoms with Crippen molar-refractivity contribution >= 4 is 22.0 Å². The number of carbonyl (C=O) groups excluding carboxylic acids is 2. The SMILES string of the molecule is CC#CCOc1ccc(S(=O)(=O)N2CCN(C(=O)N(C(C)C)C(C)C)CC2C(=O)NO)cc1. The first-order valence-corrected chi connectivity index (χ1v) is 12.1. The number of benzene rings is 1. The highest BCUT2D eigenvalue weighted by Crippen LogP contribution is 2.25. The summed E-state index contributed by atoms with van der Waals surface area (Å²) in [7, 11) is -4.08. The van der Waals surface area contributed by atoms with Crippen molar-refractivity contribution in [2.24, 2.45) is 0 Å². The second kappa shape index (κ2) is 11.4. The molecule has 10 nitrogen and oxygen atoms in total. The van der Waals surface area contributed by atoms with Crippen LogP contribution < -0.4 is 10.2 Å². The first-order valence-electron chi connectivity index (χ1n) is 10.7. The Bertz CT molecular complexity index is 990. The van der Waals surface area contributed by atoms with Crippen molar-refractivity contribution < 1.29 is 28.0 Å². The fourth-order valence-corrected chi connectivity index (χ4v) is 5.32. The van der Waals surface area contributed by atoms with Gasteiger partial charge in [-0.3, -0.25) is 10.0 Å². The summed E-state index contributed by atoms with van der Waals surface area (Å²) in [6.45, 7) is 9.25. The molecule has 1 unspecified atom stereocenters. The Labute approximate surface area is 195 Å². The van der Waals surface area contributed by atoms with Crippen LogP contribution in [0.4, 0.5) is 4.79 Å². The van der Waals surface area contributed by atoms with Crippen LogP contribution in [0.15, 0.2) is 29.2 Å². The van der Waals surface area contributed by atoms with Crippen molar-refractivity contribution in [3.05, 3.63) is 24.3 Å². The molecule has 1 atom stereocenters. The molecule has 1 fully saturated rings. The highest BCUT2D eigenvalue weighted by Gasteiger charge is 2.42. The Morgan fingerprint density at radius 1 is 1.18 bits per heavy atom. The number of nitrogens with zero attached hydrogens (tertiary/aromatic N) is 3. The first kappa shape index (κ1) is 26.4. The lowest BCUT2D eigenvalue weighted by Gasteiger charge is -2.42. The number of amides is 3. The third-order valence-electron chi connectivity index (χ3n) is 5.27. The number of sulfonamides is 1. The summed E-state index contributed by atoms with van der Waals surface area (Å²) >= 11 is 0. The van der Waals surface area contributed by atoms with Crippen LogP contribution in [-0.2, 0) is 14.8 Å². The molecule has 3 amide bonds. The van der Waals surface area contributed by atoms with Crippen LogP contribution in [0.1, 0.15) is 34.6 Å². The second-order valence-corrected chi connectivity index (χ2v) is 10.0. The van der Waals surface area contributed by atoms with E-state index in [2.05, 4.69) is 11.8 Å². The molecular formula is C22H32N4O6S. The molecule has 1 heterocycles. The van der Waals surface area contributed by atoms with E-state index in [4.69, 9.17) is 4.74 Å². The number of hydrogen-bond acceptors (Lipinski definition) is 6. The number of urea groups is 1. The molecule has 0 bridgehead atoms. The van der Waals surface area contributed by atoms with Gasteiger partial charge in [0.1, 0.15) is 18.4 Å². The summed E-state index contributed by atoms with van der Waals surface area (Å²) in [4.78, 5) is 28.6. The molecule has 1 aromatic rings. The molecule has 2 N–H and O–H groups in total. The summed E-state index contributed by atoms with van der Waals surface area (Å²) in [6, 6.07) is 4.06. The number of ether oxygens (including phenoxy) is 1. The lowest BCUT2D eigenvalue weighted by atomic mass is 10.2.